The SMILES string of the molecule is Cc1cccc(-c2ccccc2)c1C.FC(F)(F)[Si]. The second-order valence-corrected chi connectivity index (χ2v) is 4.68. The van der Waals surface area contributed by atoms with E-state index in [1.54, 1.807) is 0 Å². The van der Waals surface area contributed by atoms with Crippen LogP contribution < -0.4 is 0 Å². The maximum absolute atomic E-state index is 10.3. The highest BCUT2D eigenvalue weighted by Gasteiger charge is 2.15. The molecule has 0 aliphatic carbocycles. The minimum Gasteiger partial charge on any atom is -0.178 e. The monoisotopic (exact) mass is 279 g/mol. The van der Waals surface area contributed by atoms with Gasteiger partial charge in [-0.3, -0.25) is 0 Å². The normalized spacial score (nSPS) is 10.6. The van der Waals surface area contributed by atoms with Gasteiger partial charge in [0.25, 0.3) is 0 Å². The van der Waals surface area contributed by atoms with Gasteiger partial charge in [0.2, 0.25) is 0 Å². The Hall–Kier alpha value is -1.55. The van der Waals surface area contributed by atoms with Crippen LogP contribution in [0.1, 0.15) is 11.1 Å². The molecular weight excluding hydrogens is 265 g/mol. The molecule has 0 bridgehead atoms. The Bertz CT molecular complexity index is 513. The highest BCUT2D eigenvalue weighted by molar-refractivity contribution is 6.11. The summed E-state index contributed by atoms with van der Waals surface area (Å²) in [5.41, 5.74) is 5.37. The molecule has 4 heteroatoms. The minimum absolute atomic E-state index is 1.30. The molecule has 0 amide bonds. The van der Waals surface area contributed by atoms with Crippen LogP contribution >= 0.6 is 0 Å². The van der Waals surface area contributed by atoms with Crippen LogP contribution in [0, 0.1) is 13.8 Å². The topological polar surface area (TPSA) is 0 Å². The van der Waals surface area contributed by atoms with Crippen molar-refractivity contribution in [2.24, 2.45) is 0 Å². The Morgan fingerprint density at radius 1 is 0.842 bits per heavy atom. The molecule has 99 valence electrons. The molecule has 0 aromatic heterocycles. The highest BCUT2D eigenvalue weighted by atomic mass is 28.1. The smallest absolute Gasteiger partial charge is 0.178 e. The molecule has 0 heterocycles. The molecule has 2 rings (SSSR count). The minimum atomic E-state index is -4.19. The molecule has 0 aliphatic rings. The van der Waals surface area contributed by atoms with Gasteiger partial charge in [-0.1, -0.05) is 48.5 Å². The maximum Gasteiger partial charge on any atom is 0.354 e. The average Bonchev–Trinajstić information content (AvgIpc) is 2.32. The molecule has 0 unspecified atom stereocenters. The highest BCUT2D eigenvalue weighted by Crippen LogP contribution is 2.24. The number of rotatable bonds is 1. The first-order chi connectivity index (χ1) is 8.79. The van der Waals surface area contributed by atoms with Crippen LogP contribution in [-0.2, 0) is 0 Å². The Labute approximate surface area is 114 Å². The maximum atomic E-state index is 10.3. The van der Waals surface area contributed by atoms with Gasteiger partial charge in [0.1, 0.15) is 0 Å². The predicted molar refractivity (Wildman–Crippen MR) is 73.2 cm³/mol. The summed E-state index contributed by atoms with van der Waals surface area (Å²) in [6.07, 6.45) is 0. The molecule has 19 heavy (non-hydrogen) atoms. The first kappa shape index (κ1) is 15.5. The van der Waals surface area contributed by atoms with Gasteiger partial charge in [-0.05, 0) is 36.1 Å². The predicted octanol–water partition coefficient (Wildman–Crippen LogP) is 4.65. The first-order valence-electron chi connectivity index (χ1n) is 5.72. The quantitative estimate of drug-likeness (QED) is 0.667. The van der Waals surface area contributed by atoms with Crippen LogP contribution in [0.4, 0.5) is 13.2 Å². The van der Waals surface area contributed by atoms with Gasteiger partial charge in [0, 0.05) is 0 Å². The Morgan fingerprint density at radius 2 is 1.37 bits per heavy atom. The number of benzene rings is 2. The van der Waals surface area contributed by atoms with Crippen molar-refractivity contribution in [3.63, 3.8) is 0 Å². The molecule has 0 atom stereocenters. The summed E-state index contributed by atoms with van der Waals surface area (Å²) in [6, 6.07) is 17.0. The average molecular weight is 279 g/mol. The summed E-state index contributed by atoms with van der Waals surface area (Å²) in [7, 11) is 1.42. The second kappa shape index (κ2) is 6.57. The zero-order valence-electron chi connectivity index (χ0n) is 10.8. The van der Waals surface area contributed by atoms with E-state index >= 15 is 0 Å². The third-order valence-corrected chi connectivity index (χ3v) is 2.69. The molecule has 2 aromatic rings. The summed E-state index contributed by atoms with van der Waals surface area (Å²) < 4.78 is 30.8. The van der Waals surface area contributed by atoms with Crippen LogP contribution in [0.25, 0.3) is 11.1 Å². The molecule has 3 radical (unpaired) electrons. The van der Waals surface area contributed by atoms with E-state index in [0.717, 1.165) is 0 Å². The van der Waals surface area contributed by atoms with Crippen LogP contribution in [0.15, 0.2) is 48.5 Å². The molecule has 0 fully saturated rings. The Kier molecular flexibility index (Phi) is 5.36. The largest absolute Gasteiger partial charge is 0.354 e. The third-order valence-electron chi connectivity index (χ3n) is 2.69. The lowest BCUT2D eigenvalue weighted by Gasteiger charge is -2.07. The van der Waals surface area contributed by atoms with E-state index in [4.69, 9.17) is 0 Å². The van der Waals surface area contributed by atoms with Crippen molar-refractivity contribution in [1.29, 1.82) is 0 Å². The molecule has 0 nitrogen and oxygen atoms in total. The second-order valence-electron chi connectivity index (χ2n) is 4.11. The van der Waals surface area contributed by atoms with Gasteiger partial charge in [-0.2, -0.15) is 13.2 Å². The lowest BCUT2D eigenvalue weighted by molar-refractivity contribution is -0.0429. The molecule has 0 N–H and O–H groups in total. The standard InChI is InChI=1S/C14H14.CF3Si/c1-11-7-6-10-14(12(11)2)13-8-4-3-5-9-13;2-1(3,4)5/h3-10H,1-2H3;. The lowest BCUT2D eigenvalue weighted by atomic mass is 9.97. The molecule has 0 saturated heterocycles. The van der Waals surface area contributed by atoms with Crippen molar-refractivity contribution >= 4 is 10.2 Å². The zero-order valence-corrected chi connectivity index (χ0v) is 11.8. The van der Waals surface area contributed by atoms with Crippen LogP contribution in [0.5, 0.6) is 0 Å². The van der Waals surface area contributed by atoms with E-state index in [1.807, 2.05) is 0 Å². The summed E-state index contributed by atoms with van der Waals surface area (Å²) >= 11 is 0. The Morgan fingerprint density at radius 3 is 1.89 bits per heavy atom. The third kappa shape index (κ3) is 5.74. The van der Waals surface area contributed by atoms with Gasteiger partial charge in [-0.15, -0.1) is 0 Å². The van der Waals surface area contributed by atoms with E-state index in [9.17, 15) is 13.2 Å². The van der Waals surface area contributed by atoms with E-state index in [0.29, 0.717) is 0 Å². The molecule has 0 aliphatic heterocycles. The fraction of sp³-hybridized carbons (Fsp3) is 0.200. The molecule has 2 aromatic carbocycles. The van der Waals surface area contributed by atoms with Crippen LogP contribution in [0.2, 0.25) is 0 Å². The van der Waals surface area contributed by atoms with E-state index in [2.05, 4.69) is 62.4 Å². The van der Waals surface area contributed by atoms with Crippen molar-refractivity contribution in [3.8, 4) is 11.1 Å². The number of aryl methyl sites for hydroxylation is 1. The molecular formula is C15H14F3Si. The summed E-state index contributed by atoms with van der Waals surface area (Å²) in [5.74, 6) is -4.19. The lowest BCUT2D eigenvalue weighted by Crippen LogP contribution is -2.03. The van der Waals surface area contributed by atoms with Crippen LogP contribution in [0.3, 0.4) is 0 Å². The van der Waals surface area contributed by atoms with Crippen molar-refractivity contribution in [2.75, 3.05) is 0 Å². The van der Waals surface area contributed by atoms with Gasteiger partial charge in [-0.25, -0.2) is 0 Å². The van der Waals surface area contributed by atoms with Crippen molar-refractivity contribution in [1.82, 2.24) is 0 Å². The fourth-order valence-corrected chi connectivity index (χ4v) is 1.68. The van der Waals surface area contributed by atoms with E-state index in [-0.39, 0.29) is 0 Å². The number of hydrogen-bond donors (Lipinski definition) is 0. The summed E-state index contributed by atoms with van der Waals surface area (Å²) in [4.78, 5) is 0. The fourth-order valence-electron chi connectivity index (χ4n) is 1.68. The molecule has 0 saturated carbocycles. The van der Waals surface area contributed by atoms with Crippen molar-refractivity contribution in [3.05, 3.63) is 59.7 Å². The van der Waals surface area contributed by atoms with E-state index < -0.39 is 5.80 Å². The van der Waals surface area contributed by atoms with Crippen molar-refractivity contribution < 1.29 is 13.2 Å². The van der Waals surface area contributed by atoms with Gasteiger partial charge < -0.3 is 0 Å². The van der Waals surface area contributed by atoms with Gasteiger partial charge in [0.05, 0.1) is 0 Å². The summed E-state index contributed by atoms with van der Waals surface area (Å²) in [6.45, 7) is 4.33. The van der Waals surface area contributed by atoms with Gasteiger partial charge >= 0.3 is 5.80 Å². The molecule has 0 spiro atoms. The zero-order chi connectivity index (χ0) is 14.5. The number of halogens is 3. The first-order valence-corrected chi connectivity index (χ1v) is 6.22. The Balaban J connectivity index is 0.000000312. The summed E-state index contributed by atoms with van der Waals surface area (Å²) in [5, 5.41) is 0. The van der Waals surface area contributed by atoms with E-state index in [1.165, 1.54) is 32.5 Å². The van der Waals surface area contributed by atoms with Gasteiger partial charge in [0.15, 0.2) is 10.2 Å². The van der Waals surface area contributed by atoms with Crippen LogP contribution in [-0.4, -0.2) is 16.0 Å². The van der Waals surface area contributed by atoms with Crippen molar-refractivity contribution in [2.45, 2.75) is 19.6 Å². The number of hydrogen-bond acceptors (Lipinski definition) is 0. The number of alkyl halides is 3.